The summed E-state index contributed by atoms with van der Waals surface area (Å²) in [5.41, 5.74) is 0.727. The molecule has 2 aromatic rings. The Bertz CT molecular complexity index is 911. The van der Waals surface area contributed by atoms with Crippen LogP contribution < -0.4 is 19.6 Å². The summed E-state index contributed by atoms with van der Waals surface area (Å²) in [4.78, 5) is 24.1. The molecule has 0 radical (unpaired) electrons. The number of methoxy groups -OCH3 is 3. The van der Waals surface area contributed by atoms with Gasteiger partial charge in [-0.3, -0.25) is 4.79 Å². The first-order valence-corrected chi connectivity index (χ1v) is 8.33. The molecule has 0 spiro atoms. The lowest BCUT2D eigenvalue weighted by Crippen LogP contribution is -2.29. The third kappa shape index (κ3) is 3.53. The molecule has 0 unspecified atom stereocenters. The Morgan fingerprint density at radius 2 is 1.74 bits per heavy atom. The molecule has 0 saturated heterocycles. The van der Waals surface area contributed by atoms with Crippen LogP contribution in [0.2, 0.25) is 0 Å². The Labute approximate surface area is 156 Å². The van der Waals surface area contributed by atoms with Crippen LogP contribution in [0.5, 0.6) is 23.0 Å². The van der Waals surface area contributed by atoms with E-state index < -0.39 is 23.3 Å². The molecule has 142 valence electrons. The van der Waals surface area contributed by atoms with Crippen LogP contribution in [0.25, 0.3) is 0 Å². The van der Waals surface area contributed by atoms with Crippen molar-refractivity contribution in [3.8, 4) is 23.0 Å². The standard InChI is InChI=1S/C20H20O7/c1-24-15-8-11(9-16(25-2)19(15)26-3)7-13-10-12-5-4-6-14(21)18(22)17(12)20(23)27-13/h4-6,8-9,13H,7,10H2,1-3H3,(H,21,22)/t13-/m1/s1. The molecule has 0 amide bonds. The number of ether oxygens (including phenoxy) is 4. The van der Waals surface area contributed by atoms with E-state index in [0.29, 0.717) is 35.7 Å². The quantitative estimate of drug-likeness (QED) is 0.804. The van der Waals surface area contributed by atoms with Crippen molar-refractivity contribution in [2.24, 2.45) is 0 Å². The SMILES string of the molecule is COc1cc(C[C@@H]2Cc3cccc(=O)c(O)c3C(=O)O2)cc(OC)c1OC. The van der Waals surface area contributed by atoms with Gasteiger partial charge in [-0.05, 0) is 29.3 Å². The summed E-state index contributed by atoms with van der Waals surface area (Å²) in [5, 5.41) is 9.98. The van der Waals surface area contributed by atoms with E-state index in [1.165, 1.54) is 33.5 Å². The van der Waals surface area contributed by atoms with Crippen LogP contribution in [0.1, 0.15) is 21.5 Å². The Morgan fingerprint density at radius 1 is 1.07 bits per heavy atom. The van der Waals surface area contributed by atoms with Gasteiger partial charge in [0.1, 0.15) is 11.7 Å². The number of hydrogen-bond donors (Lipinski definition) is 1. The molecule has 1 aliphatic rings. The minimum Gasteiger partial charge on any atom is -0.504 e. The maximum atomic E-state index is 12.4. The van der Waals surface area contributed by atoms with Crippen LogP contribution in [0.4, 0.5) is 0 Å². The number of benzene rings is 1. The Hall–Kier alpha value is -3.22. The molecular weight excluding hydrogens is 352 g/mol. The number of carbonyl (C=O) groups is 1. The summed E-state index contributed by atoms with van der Waals surface area (Å²) < 4.78 is 21.4. The predicted molar refractivity (Wildman–Crippen MR) is 97.1 cm³/mol. The van der Waals surface area contributed by atoms with Crippen LogP contribution in [0, 0.1) is 0 Å². The van der Waals surface area contributed by atoms with Crippen molar-refractivity contribution < 1.29 is 28.8 Å². The van der Waals surface area contributed by atoms with Gasteiger partial charge in [0.25, 0.3) is 0 Å². The van der Waals surface area contributed by atoms with E-state index in [9.17, 15) is 14.7 Å². The second kappa shape index (κ2) is 7.57. The van der Waals surface area contributed by atoms with Crippen molar-refractivity contribution in [3.05, 3.63) is 57.2 Å². The molecule has 0 saturated carbocycles. The highest BCUT2D eigenvalue weighted by atomic mass is 16.5. The molecule has 27 heavy (non-hydrogen) atoms. The summed E-state index contributed by atoms with van der Waals surface area (Å²) in [5.74, 6) is 0.212. The molecule has 0 fully saturated rings. The first-order valence-electron chi connectivity index (χ1n) is 8.33. The van der Waals surface area contributed by atoms with Crippen molar-refractivity contribution in [1.29, 1.82) is 0 Å². The van der Waals surface area contributed by atoms with Crippen LogP contribution >= 0.6 is 0 Å². The van der Waals surface area contributed by atoms with Crippen molar-refractivity contribution in [1.82, 2.24) is 0 Å². The number of hydrogen-bond acceptors (Lipinski definition) is 7. The van der Waals surface area contributed by atoms with Gasteiger partial charge in [-0.25, -0.2) is 4.79 Å². The van der Waals surface area contributed by atoms with Gasteiger partial charge in [0, 0.05) is 12.8 Å². The van der Waals surface area contributed by atoms with E-state index in [1.807, 2.05) is 0 Å². The van der Waals surface area contributed by atoms with Crippen molar-refractivity contribution in [3.63, 3.8) is 0 Å². The van der Waals surface area contributed by atoms with Gasteiger partial charge in [0.05, 0.1) is 21.3 Å². The normalized spacial score (nSPS) is 15.5. The molecule has 7 heteroatoms. The fraction of sp³-hybridized carbons (Fsp3) is 0.300. The monoisotopic (exact) mass is 372 g/mol. The van der Waals surface area contributed by atoms with Gasteiger partial charge >= 0.3 is 5.97 Å². The summed E-state index contributed by atoms with van der Waals surface area (Å²) in [6.45, 7) is 0. The Kier molecular flexibility index (Phi) is 5.21. The number of rotatable bonds is 5. The summed E-state index contributed by atoms with van der Waals surface area (Å²) >= 11 is 0. The van der Waals surface area contributed by atoms with Gasteiger partial charge in [-0.2, -0.15) is 0 Å². The van der Waals surface area contributed by atoms with E-state index >= 15 is 0 Å². The second-order valence-electron chi connectivity index (χ2n) is 6.11. The zero-order valence-corrected chi connectivity index (χ0v) is 15.3. The van der Waals surface area contributed by atoms with E-state index in [4.69, 9.17) is 18.9 Å². The minimum atomic E-state index is -0.709. The smallest absolute Gasteiger partial charge is 0.342 e. The fourth-order valence-electron chi connectivity index (χ4n) is 3.21. The molecule has 1 aliphatic heterocycles. The highest BCUT2D eigenvalue weighted by molar-refractivity contribution is 5.94. The van der Waals surface area contributed by atoms with E-state index in [-0.39, 0.29) is 5.56 Å². The van der Waals surface area contributed by atoms with Crippen molar-refractivity contribution >= 4 is 5.97 Å². The Morgan fingerprint density at radius 3 is 2.33 bits per heavy atom. The largest absolute Gasteiger partial charge is 0.504 e. The molecular formula is C20H20O7. The summed E-state index contributed by atoms with van der Waals surface area (Å²) in [7, 11) is 4.58. The highest BCUT2D eigenvalue weighted by Crippen LogP contribution is 2.39. The third-order valence-corrected chi connectivity index (χ3v) is 4.45. The average Bonchev–Trinajstić information content (AvgIpc) is 2.79. The average molecular weight is 372 g/mol. The van der Waals surface area contributed by atoms with Crippen molar-refractivity contribution in [2.45, 2.75) is 18.9 Å². The zero-order valence-electron chi connectivity index (χ0n) is 15.3. The molecule has 0 aliphatic carbocycles. The summed E-state index contributed by atoms with van der Waals surface area (Å²) in [6, 6.07) is 7.98. The lowest BCUT2D eigenvalue weighted by atomic mass is 9.96. The molecule has 3 rings (SSSR count). The van der Waals surface area contributed by atoms with E-state index in [0.717, 1.165) is 5.56 Å². The molecule has 1 atom stereocenters. The van der Waals surface area contributed by atoms with Gasteiger partial charge in [0.2, 0.25) is 11.2 Å². The van der Waals surface area contributed by atoms with Gasteiger partial charge in [-0.1, -0.05) is 12.1 Å². The zero-order chi connectivity index (χ0) is 19.6. The highest BCUT2D eigenvalue weighted by Gasteiger charge is 2.30. The first-order chi connectivity index (χ1) is 13.0. The van der Waals surface area contributed by atoms with E-state index in [1.54, 1.807) is 18.2 Å². The molecule has 2 aromatic carbocycles. The fourth-order valence-corrected chi connectivity index (χ4v) is 3.21. The number of esters is 1. The third-order valence-electron chi connectivity index (χ3n) is 4.45. The number of carbonyl (C=O) groups excluding carboxylic acids is 1. The summed E-state index contributed by atoms with van der Waals surface area (Å²) in [6.07, 6.45) is 0.329. The molecule has 0 aromatic heterocycles. The topological polar surface area (TPSA) is 91.3 Å². The minimum absolute atomic E-state index is 0.0638. The van der Waals surface area contributed by atoms with Gasteiger partial charge in [0.15, 0.2) is 17.2 Å². The molecule has 0 bridgehead atoms. The van der Waals surface area contributed by atoms with Crippen LogP contribution in [0.3, 0.4) is 0 Å². The van der Waals surface area contributed by atoms with Crippen LogP contribution in [0.15, 0.2) is 35.1 Å². The molecule has 1 N–H and O–H groups in total. The molecule has 7 nitrogen and oxygen atoms in total. The van der Waals surface area contributed by atoms with Gasteiger partial charge in [-0.15, -0.1) is 0 Å². The van der Waals surface area contributed by atoms with Gasteiger partial charge < -0.3 is 24.1 Å². The maximum absolute atomic E-state index is 12.4. The number of aromatic hydroxyl groups is 1. The lowest BCUT2D eigenvalue weighted by Gasteiger charge is -2.24. The van der Waals surface area contributed by atoms with Crippen molar-refractivity contribution in [2.75, 3.05) is 21.3 Å². The first kappa shape index (κ1) is 18.6. The number of cyclic esters (lactones) is 1. The lowest BCUT2D eigenvalue weighted by molar-refractivity contribution is 0.0255. The second-order valence-corrected chi connectivity index (χ2v) is 6.11. The molecule has 1 heterocycles. The van der Waals surface area contributed by atoms with E-state index in [2.05, 4.69) is 0 Å². The van der Waals surface area contributed by atoms with Crippen LogP contribution in [-0.2, 0) is 17.6 Å². The predicted octanol–water partition coefficient (Wildman–Crippen LogP) is 2.10. The maximum Gasteiger partial charge on any atom is 0.342 e. The van der Waals surface area contributed by atoms with Crippen LogP contribution in [-0.4, -0.2) is 38.5 Å². The Balaban J connectivity index is 1.93. The number of fused-ring (bicyclic) bond motifs is 1.